The van der Waals surface area contributed by atoms with Gasteiger partial charge in [0.1, 0.15) is 17.5 Å². The fraction of sp³-hybridized carbons (Fsp3) is 0.214. The van der Waals surface area contributed by atoms with Crippen molar-refractivity contribution in [1.29, 1.82) is 5.26 Å². The molecule has 5 heteroatoms. The van der Waals surface area contributed by atoms with E-state index in [-0.39, 0.29) is 0 Å². The number of anilines is 3. The van der Waals surface area contributed by atoms with Crippen molar-refractivity contribution in [3.8, 4) is 6.19 Å². The summed E-state index contributed by atoms with van der Waals surface area (Å²) in [7, 11) is 0. The Hall–Kier alpha value is -2.61. The number of hydrogen-bond acceptors (Lipinski definition) is 5. The van der Waals surface area contributed by atoms with Gasteiger partial charge in [-0.1, -0.05) is 25.1 Å². The number of benzene rings is 1. The van der Waals surface area contributed by atoms with Gasteiger partial charge in [0.05, 0.1) is 0 Å². The zero-order chi connectivity index (χ0) is 13.7. The minimum atomic E-state index is 0.492. The van der Waals surface area contributed by atoms with E-state index in [2.05, 4.69) is 33.6 Å². The normalized spacial score (nSPS) is 9.74. The third-order valence-corrected chi connectivity index (χ3v) is 2.68. The highest BCUT2D eigenvalue weighted by Gasteiger charge is 2.04. The molecule has 1 heterocycles. The Labute approximate surface area is 112 Å². The molecule has 0 atom stereocenters. The molecule has 0 aliphatic carbocycles. The van der Waals surface area contributed by atoms with Crippen molar-refractivity contribution in [2.75, 3.05) is 10.6 Å². The Bertz CT molecular complexity index is 615. The van der Waals surface area contributed by atoms with Crippen molar-refractivity contribution in [1.82, 2.24) is 9.97 Å². The van der Waals surface area contributed by atoms with Gasteiger partial charge in [-0.05, 0) is 25.0 Å². The molecule has 0 amide bonds. The third-order valence-electron chi connectivity index (χ3n) is 2.68. The minimum Gasteiger partial charge on any atom is -0.340 e. The fourth-order valence-electron chi connectivity index (χ4n) is 1.84. The van der Waals surface area contributed by atoms with Crippen LogP contribution in [0.2, 0.25) is 0 Å². The summed E-state index contributed by atoms with van der Waals surface area (Å²) in [4.78, 5) is 8.44. The number of aryl methyl sites for hydroxylation is 2. The quantitative estimate of drug-likeness (QED) is 0.647. The van der Waals surface area contributed by atoms with Gasteiger partial charge in [0.2, 0.25) is 0 Å². The van der Waals surface area contributed by atoms with Crippen molar-refractivity contribution < 1.29 is 0 Å². The standard InChI is InChI=1S/C14H15N5/c1-3-11-6-4-5-7-12(11)19-14-8-13(16-9-15)17-10(2)18-14/h4-8H,3H2,1-2H3,(H2,16,17,18,19). The summed E-state index contributed by atoms with van der Waals surface area (Å²) in [5.74, 6) is 1.77. The molecule has 2 N–H and O–H groups in total. The average Bonchev–Trinajstić information content (AvgIpc) is 2.39. The van der Waals surface area contributed by atoms with Gasteiger partial charge in [-0.25, -0.2) is 9.97 Å². The van der Waals surface area contributed by atoms with Crippen molar-refractivity contribution >= 4 is 17.3 Å². The maximum atomic E-state index is 8.63. The molecule has 0 unspecified atom stereocenters. The second-order valence-corrected chi connectivity index (χ2v) is 4.06. The zero-order valence-electron chi connectivity index (χ0n) is 10.9. The summed E-state index contributed by atoms with van der Waals surface area (Å²) in [5, 5.41) is 14.4. The Morgan fingerprint density at radius 2 is 1.95 bits per heavy atom. The van der Waals surface area contributed by atoms with Crippen LogP contribution in [0, 0.1) is 18.4 Å². The van der Waals surface area contributed by atoms with Crippen LogP contribution in [0.5, 0.6) is 0 Å². The number of hydrogen-bond donors (Lipinski definition) is 2. The van der Waals surface area contributed by atoms with Crippen LogP contribution >= 0.6 is 0 Å². The topological polar surface area (TPSA) is 73.6 Å². The van der Waals surface area contributed by atoms with E-state index in [1.165, 1.54) is 5.56 Å². The Morgan fingerprint density at radius 1 is 1.21 bits per heavy atom. The predicted molar refractivity (Wildman–Crippen MR) is 75.1 cm³/mol. The van der Waals surface area contributed by atoms with Gasteiger partial charge in [-0.2, -0.15) is 5.26 Å². The zero-order valence-corrected chi connectivity index (χ0v) is 10.9. The van der Waals surface area contributed by atoms with Crippen LogP contribution in [0.4, 0.5) is 17.3 Å². The van der Waals surface area contributed by atoms with Gasteiger partial charge in [-0.15, -0.1) is 0 Å². The summed E-state index contributed by atoms with van der Waals surface area (Å²) in [6.45, 7) is 3.90. The first-order valence-electron chi connectivity index (χ1n) is 6.08. The van der Waals surface area contributed by atoms with Crippen molar-refractivity contribution in [3.63, 3.8) is 0 Å². The Morgan fingerprint density at radius 3 is 2.68 bits per heavy atom. The molecule has 2 rings (SSSR count). The minimum absolute atomic E-state index is 0.492. The van der Waals surface area contributed by atoms with Gasteiger partial charge in [0.15, 0.2) is 6.19 Å². The number of aromatic nitrogens is 2. The molecule has 0 spiro atoms. The number of nitrogens with one attached hydrogen (secondary N) is 2. The third kappa shape index (κ3) is 3.19. The molecule has 0 aliphatic rings. The molecule has 0 fully saturated rings. The number of nitrogens with zero attached hydrogens (tertiary/aromatic N) is 3. The molecule has 19 heavy (non-hydrogen) atoms. The van der Waals surface area contributed by atoms with Crippen LogP contribution < -0.4 is 10.6 Å². The van der Waals surface area contributed by atoms with Crippen LogP contribution in [0.15, 0.2) is 30.3 Å². The molecular weight excluding hydrogens is 238 g/mol. The Kier molecular flexibility index (Phi) is 3.94. The van der Waals surface area contributed by atoms with E-state index >= 15 is 0 Å². The van der Waals surface area contributed by atoms with Crippen molar-refractivity contribution in [3.05, 3.63) is 41.7 Å². The van der Waals surface area contributed by atoms with E-state index in [1.807, 2.05) is 24.4 Å². The molecule has 2 aromatic rings. The van der Waals surface area contributed by atoms with E-state index in [1.54, 1.807) is 13.0 Å². The Balaban J connectivity index is 2.30. The lowest BCUT2D eigenvalue weighted by atomic mass is 10.1. The fourth-order valence-corrected chi connectivity index (χ4v) is 1.84. The molecule has 0 radical (unpaired) electrons. The lowest BCUT2D eigenvalue weighted by Crippen LogP contribution is -2.02. The summed E-state index contributed by atoms with van der Waals surface area (Å²) in [6.07, 6.45) is 2.80. The maximum absolute atomic E-state index is 8.63. The van der Waals surface area contributed by atoms with Gasteiger partial charge >= 0.3 is 0 Å². The molecule has 0 saturated heterocycles. The predicted octanol–water partition coefficient (Wildman–Crippen LogP) is 2.98. The van der Waals surface area contributed by atoms with Crippen LogP contribution in [-0.2, 0) is 6.42 Å². The van der Waals surface area contributed by atoms with Crippen LogP contribution in [0.1, 0.15) is 18.3 Å². The number of nitriles is 1. The molecule has 0 saturated carbocycles. The largest absolute Gasteiger partial charge is 0.340 e. The van der Waals surface area contributed by atoms with Crippen LogP contribution in [0.25, 0.3) is 0 Å². The highest BCUT2D eigenvalue weighted by Crippen LogP contribution is 2.21. The van der Waals surface area contributed by atoms with Crippen molar-refractivity contribution in [2.24, 2.45) is 0 Å². The first kappa shape index (κ1) is 12.8. The second kappa shape index (κ2) is 5.83. The number of rotatable bonds is 4. The lowest BCUT2D eigenvalue weighted by molar-refractivity contribution is 1.06. The highest BCUT2D eigenvalue weighted by molar-refractivity contribution is 5.63. The first-order valence-corrected chi connectivity index (χ1v) is 6.08. The summed E-state index contributed by atoms with van der Waals surface area (Å²) in [6, 6.07) is 9.78. The van der Waals surface area contributed by atoms with Gasteiger partial charge < -0.3 is 5.32 Å². The van der Waals surface area contributed by atoms with E-state index in [0.29, 0.717) is 17.5 Å². The average molecular weight is 253 g/mol. The van der Waals surface area contributed by atoms with Gasteiger partial charge in [-0.3, -0.25) is 5.32 Å². The van der Waals surface area contributed by atoms with E-state index in [9.17, 15) is 0 Å². The van der Waals surface area contributed by atoms with E-state index in [0.717, 1.165) is 12.1 Å². The molecule has 1 aromatic heterocycles. The highest BCUT2D eigenvalue weighted by atomic mass is 15.1. The lowest BCUT2D eigenvalue weighted by Gasteiger charge is -2.11. The molecular formula is C14H15N5. The SMILES string of the molecule is CCc1ccccc1Nc1cc(NC#N)nc(C)n1. The smallest absolute Gasteiger partial charge is 0.182 e. The van der Waals surface area contributed by atoms with Crippen LogP contribution in [-0.4, -0.2) is 9.97 Å². The van der Waals surface area contributed by atoms with Crippen LogP contribution in [0.3, 0.4) is 0 Å². The molecule has 0 bridgehead atoms. The molecule has 1 aromatic carbocycles. The maximum Gasteiger partial charge on any atom is 0.182 e. The van der Waals surface area contributed by atoms with E-state index in [4.69, 9.17) is 5.26 Å². The monoisotopic (exact) mass is 253 g/mol. The van der Waals surface area contributed by atoms with Gasteiger partial charge in [0.25, 0.3) is 0 Å². The van der Waals surface area contributed by atoms with E-state index < -0.39 is 0 Å². The van der Waals surface area contributed by atoms with Gasteiger partial charge in [0, 0.05) is 11.8 Å². The summed E-state index contributed by atoms with van der Waals surface area (Å²) >= 11 is 0. The van der Waals surface area contributed by atoms with Crippen molar-refractivity contribution in [2.45, 2.75) is 20.3 Å². The molecule has 0 aliphatic heterocycles. The second-order valence-electron chi connectivity index (χ2n) is 4.06. The first-order chi connectivity index (χ1) is 9.22. The molecule has 96 valence electrons. The summed E-state index contributed by atoms with van der Waals surface area (Å²) in [5.41, 5.74) is 2.24. The number of para-hydroxylation sites is 1. The summed E-state index contributed by atoms with van der Waals surface area (Å²) < 4.78 is 0. The molecule has 5 nitrogen and oxygen atoms in total.